The maximum atomic E-state index is 9.45. The largest absolute Gasteiger partial charge is 0.493 e. The summed E-state index contributed by atoms with van der Waals surface area (Å²) in [6.07, 6.45) is 0.679. The lowest BCUT2D eigenvalue weighted by Crippen LogP contribution is -2.45. The van der Waals surface area contributed by atoms with Crippen molar-refractivity contribution in [1.29, 1.82) is 0 Å². The lowest BCUT2D eigenvalue weighted by atomic mass is 10.00. The quantitative estimate of drug-likeness (QED) is 0.779. The van der Waals surface area contributed by atoms with Crippen LogP contribution in [-0.4, -0.2) is 64.1 Å². The molecule has 0 radical (unpaired) electrons. The minimum atomic E-state index is 0. The third kappa shape index (κ3) is 4.64. The average Bonchev–Trinajstić information content (AvgIpc) is 2.59. The number of ether oxygens (including phenoxy) is 3. The molecule has 0 spiro atoms. The minimum Gasteiger partial charge on any atom is -0.493 e. The zero-order valence-corrected chi connectivity index (χ0v) is 14.8. The predicted molar refractivity (Wildman–Crippen MR) is 92.2 cm³/mol. The summed E-state index contributed by atoms with van der Waals surface area (Å²) < 4.78 is 16.2. The molecule has 1 saturated heterocycles. The first-order valence-electron chi connectivity index (χ1n) is 7.60. The van der Waals surface area contributed by atoms with E-state index in [-0.39, 0.29) is 25.1 Å². The van der Waals surface area contributed by atoms with Crippen LogP contribution < -0.4 is 19.5 Å². The van der Waals surface area contributed by atoms with Crippen molar-refractivity contribution in [2.24, 2.45) is 0 Å². The van der Waals surface area contributed by atoms with E-state index in [1.807, 2.05) is 12.1 Å². The Kier molecular flexibility index (Phi) is 8.47. The number of hydrogen-bond donors (Lipinski definition) is 2. The molecule has 132 valence electrons. The molecule has 1 aromatic carbocycles. The molecular formula is C16H27ClN2O4. The van der Waals surface area contributed by atoms with Gasteiger partial charge in [0.1, 0.15) is 0 Å². The summed E-state index contributed by atoms with van der Waals surface area (Å²) in [5.74, 6) is 1.89. The Morgan fingerprint density at radius 2 is 1.65 bits per heavy atom. The van der Waals surface area contributed by atoms with Crippen molar-refractivity contribution in [3.05, 3.63) is 17.7 Å². The standard InChI is InChI=1S/C16H26N2O4.ClH/c1-20-14-10-12(11-15(21-2)16(14)22-3)13(4-9-19)18-7-5-17-6-8-18;/h10-11,13,17,19H,4-9H2,1-3H3;1H/t13-;/m0./s1. The SMILES string of the molecule is COc1cc([C@H](CCO)N2CCNCC2)cc(OC)c1OC.Cl. The Hall–Kier alpha value is -1.21. The van der Waals surface area contributed by atoms with Gasteiger partial charge in [0.25, 0.3) is 0 Å². The number of aliphatic hydroxyl groups excluding tert-OH is 1. The summed E-state index contributed by atoms with van der Waals surface area (Å²) in [5.41, 5.74) is 1.07. The van der Waals surface area contributed by atoms with Crippen molar-refractivity contribution < 1.29 is 19.3 Å². The van der Waals surface area contributed by atoms with Crippen molar-refractivity contribution in [2.45, 2.75) is 12.5 Å². The summed E-state index contributed by atoms with van der Waals surface area (Å²) >= 11 is 0. The van der Waals surface area contributed by atoms with Gasteiger partial charge in [0.05, 0.1) is 21.3 Å². The number of piperazine rings is 1. The first-order chi connectivity index (χ1) is 10.7. The molecule has 1 fully saturated rings. The van der Waals surface area contributed by atoms with Gasteiger partial charge >= 0.3 is 0 Å². The summed E-state index contributed by atoms with van der Waals surface area (Å²) in [6.45, 7) is 3.99. The van der Waals surface area contributed by atoms with Crippen LogP contribution in [0.2, 0.25) is 0 Å². The molecule has 0 aromatic heterocycles. The maximum Gasteiger partial charge on any atom is 0.203 e. The fourth-order valence-corrected chi connectivity index (χ4v) is 2.97. The number of halogens is 1. The lowest BCUT2D eigenvalue weighted by Gasteiger charge is -2.35. The highest BCUT2D eigenvalue weighted by Crippen LogP contribution is 2.41. The van der Waals surface area contributed by atoms with E-state index in [0.717, 1.165) is 31.7 Å². The molecule has 7 heteroatoms. The maximum absolute atomic E-state index is 9.45. The zero-order valence-electron chi connectivity index (χ0n) is 14.0. The fourth-order valence-electron chi connectivity index (χ4n) is 2.97. The molecule has 0 amide bonds. The normalized spacial score (nSPS) is 16.3. The third-order valence-corrected chi connectivity index (χ3v) is 4.07. The smallest absolute Gasteiger partial charge is 0.203 e. The predicted octanol–water partition coefficient (Wildman–Crippen LogP) is 1.46. The van der Waals surface area contributed by atoms with Crippen LogP contribution in [0.1, 0.15) is 18.0 Å². The van der Waals surface area contributed by atoms with Gasteiger partial charge in [-0.1, -0.05) is 0 Å². The van der Waals surface area contributed by atoms with Gasteiger partial charge in [-0.05, 0) is 24.1 Å². The first-order valence-corrected chi connectivity index (χ1v) is 7.60. The van der Waals surface area contributed by atoms with Gasteiger partial charge < -0.3 is 24.6 Å². The molecule has 0 unspecified atom stereocenters. The molecule has 1 heterocycles. The van der Waals surface area contributed by atoms with Crippen molar-refractivity contribution in [3.8, 4) is 17.2 Å². The number of hydrogen-bond acceptors (Lipinski definition) is 6. The topological polar surface area (TPSA) is 63.2 Å². The van der Waals surface area contributed by atoms with Crippen LogP contribution in [-0.2, 0) is 0 Å². The average molecular weight is 347 g/mol. The summed E-state index contributed by atoms with van der Waals surface area (Å²) in [7, 11) is 4.83. The molecule has 1 aliphatic rings. The Bertz CT molecular complexity index is 456. The van der Waals surface area contributed by atoms with Crippen LogP contribution in [0.15, 0.2) is 12.1 Å². The molecule has 0 bridgehead atoms. The van der Waals surface area contributed by atoms with Crippen molar-refractivity contribution in [1.82, 2.24) is 10.2 Å². The second-order valence-corrected chi connectivity index (χ2v) is 5.27. The van der Waals surface area contributed by atoms with Crippen molar-refractivity contribution in [2.75, 3.05) is 54.1 Å². The van der Waals surface area contributed by atoms with Crippen molar-refractivity contribution >= 4 is 12.4 Å². The molecular weight excluding hydrogens is 320 g/mol. The molecule has 6 nitrogen and oxygen atoms in total. The molecule has 0 aliphatic carbocycles. The van der Waals surface area contributed by atoms with Crippen LogP contribution >= 0.6 is 12.4 Å². The van der Waals surface area contributed by atoms with Crippen molar-refractivity contribution in [3.63, 3.8) is 0 Å². The fraction of sp³-hybridized carbons (Fsp3) is 0.625. The van der Waals surface area contributed by atoms with Crippen LogP contribution in [0, 0.1) is 0 Å². The van der Waals surface area contributed by atoms with E-state index in [1.54, 1.807) is 21.3 Å². The zero-order chi connectivity index (χ0) is 15.9. The highest BCUT2D eigenvalue weighted by molar-refractivity contribution is 5.85. The van der Waals surface area contributed by atoms with Gasteiger partial charge in [0, 0.05) is 38.8 Å². The number of methoxy groups -OCH3 is 3. The number of nitrogens with zero attached hydrogens (tertiary/aromatic N) is 1. The van der Waals surface area contributed by atoms with Gasteiger partial charge in [-0.15, -0.1) is 12.4 Å². The minimum absolute atomic E-state index is 0. The third-order valence-electron chi connectivity index (χ3n) is 4.07. The molecule has 1 aromatic rings. The van der Waals surface area contributed by atoms with E-state index in [9.17, 15) is 5.11 Å². The van der Waals surface area contributed by atoms with Crippen LogP contribution in [0.5, 0.6) is 17.2 Å². The highest BCUT2D eigenvalue weighted by atomic mass is 35.5. The van der Waals surface area contributed by atoms with Crippen LogP contribution in [0.4, 0.5) is 0 Å². The molecule has 2 N–H and O–H groups in total. The summed E-state index contributed by atoms with van der Waals surface area (Å²) in [6, 6.07) is 4.09. The van der Waals surface area contributed by atoms with Gasteiger partial charge in [0.15, 0.2) is 11.5 Å². The Morgan fingerprint density at radius 1 is 1.09 bits per heavy atom. The molecule has 1 atom stereocenters. The van der Waals surface area contributed by atoms with E-state index in [2.05, 4.69) is 10.2 Å². The van der Waals surface area contributed by atoms with Crippen LogP contribution in [0.25, 0.3) is 0 Å². The Labute approximate surface area is 144 Å². The monoisotopic (exact) mass is 346 g/mol. The molecule has 0 saturated carbocycles. The van der Waals surface area contributed by atoms with E-state index < -0.39 is 0 Å². The number of benzene rings is 1. The van der Waals surface area contributed by atoms with Gasteiger partial charge in [0.2, 0.25) is 5.75 Å². The number of rotatable bonds is 7. The molecule has 1 aliphatic heterocycles. The Morgan fingerprint density at radius 3 is 2.09 bits per heavy atom. The van der Waals surface area contributed by atoms with Gasteiger partial charge in [-0.3, -0.25) is 4.90 Å². The van der Waals surface area contributed by atoms with Crippen LogP contribution in [0.3, 0.4) is 0 Å². The highest BCUT2D eigenvalue weighted by Gasteiger charge is 2.24. The van der Waals surface area contributed by atoms with E-state index in [4.69, 9.17) is 14.2 Å². The van der Waals surface area contributed by atoms with E-state index in [0.29, 0.717) is 23.7 Å². The number of aliphatic hydroxyl groups is 1. The second-order valence-electron chi connectivity index (χ2n) is 5.27. The lowest BCUT2D eigenvalue weighted by molar-refractivity contribution is 0.140. The first kappa shape index (κ1) is 19.8. The molecule has 23 heavy (non-hydrogen) atoms. The second kappa shape index (κ2) is 9.82. The summed E-state index contributed by atoms with van der Waals surface area (Å²) in [5, 5.41) is 12.8. The van der Waals surface area contributed by atoms with Gasteiger partial charge in [-0.25, -0.2) is 0 Å². The number of nitrogens with one attached hydrogen (secondary N) is 1. The Balaban J connectivity index is 0.00000264. The van der Waals surface area contributed by atoms with E-state index in [1.165, 1.54) is 0 Å². The molecule has 2 rings (SSSR count). The van der Waals surface area contributed by atoms with E-state index >= 15 is 0 Å². The summed E-state index contributed by atoms with van der Waals surface area (Å²) in [4.78, 5) is 2.38. The van der Waals surface area contributed by atoms with Gasteiger partial charge in [-0.2, -0.15) is 0 Å².